The first kappa shape index (κ1) is 20.0. The van der Waals surface area contributed by atoms with Crippen molar-refractivity contribution >= 4 is 39.4 Å². The molecule has 3 atom stereocenters. The Labute approximate surface area is 165 Å². The van der Waals surface area contributed by atoms with Crippen molar-refractivity contribution in [2.45, 2.75) is 18.9 Å². The molecule has 2 aliphatic rings. The standard InChI is InChI=1S/C15H17N3OS.C4H4O4/c19-15(11-1-2-13-14(6-11)20-9-16-13)17-12-5-10-3-4-18(7-10)8-12;5-3(6)1-2-4(7)8/h1-2,6,9-10,12H,3-5,7-8H2,(H,17,19);1-2H,(H,5,6)(H,7,8)/t10-,12-;/m1./s1. The average molecular weight is 403 g/mol. The van der Waals surface area contributed by atoms with E-state index in [1.165, 1.54) is 19.5 Å². The van der Waals surface area contributed by atoms with Gasteiger partial charge in [0.2, 0.25) is 0 Å². The lowest BCUT2D eigenvalue weighted by atomic mass is 9.96. The molecule has 0 saturated carbocycles. The van der Waals surface area contributed by atoms with Crippen LogP contribution in [0.1, 0.15) is 23.2 Å². The monoisotopic (exact) mass is 403 g/mol. The van der Waals surface area contributed by atoms with Gasteiger partial charge in [-0.2, -0.15) is 0 Å². The second-order valence-electron chi connectivity index (χ2n) is 6.87. The molecule has 8 nitrogen and oxygen atoms in total. The number of aliphatic carboxylic acids is 2. The predicted molar refractivity (Wildman–Crippen MR) is 104 cm³/mol. The van der Waals surface area contributed by atoms with E-state index in [0.29, 0.717) is 18.2 Å². The van der Waals surface area contributed by atoms with Crippen LogP contribution in [0.3, 0.4) is 0 Å². The first-order valence-corrected chi connectivity index (χ1v) is 9.79. The summed E-state index contributed by atoms with van der Waals surface area (Å²) in [5, 5.41) is 18.8. The minimum absolute atomic E-state index is 0.0489. The molecule has 1 aromatic carbocycles. The van der Waals surface area contributed by atoms with Crippen LogP contribution in [0.5, 0.6) is 0 Å². The van der Waals surface area contributed by atoms with Gasteiger partial charge < -0.3 is 20.4 Å². The average Bonchev–Trinajstić information content (AvgIpc) is 3.25. The summed E-state index contributed by atoms with van der Waals surface area (Å²) in [4.78, 5) is 38.2. The van der Waals surface area contributed by atoms with E-state index in [2.05, 4.69) is 15.2 Å². The van der Waals surface area contributed by atoms with Gasteiger partial charge in [0.1, 0.15) is 0 Å². The molecule has 2 aromatic rings. The van der Waals surface area contributed by atoms with E-state index in [1.54, 1.807) is 11.3 Å². The molecule has 4 rings (SSSR count). The molecule has 2 fully saturated rings. The van der Waals surface area contributed by atoms with Gasteiger partial charge in [0.15, 0.2) is 0 Å². The summed E-state index contributed by atoms with van der Waals surface area (Å²) >= 11 is 1.58. The van der Waals surface area contributed by atoms with Crippen LogP contribution in [-0.4, -0.2) is 63.6 Å². The zero-order chi connectivity index (χ0) is 20.1. The van der Waals surface area contributed by atoms with Crippen LogP contribution >= 0.6 is 11.3 Å². The fraction of sp³-hybridized carbons (Fsp3) is 0.368. The fourth-order valence-corrected chi connectivity index (χ4v) is 4.29. The van der Waals surface area contributed by atoms with Gasteiger partial charge in [-0.25, -0.2) is 14.6 Å². The number of aromatic nitrogens is 1. The highest BCUT2D eigenvalue weighted by Crippen LogP contribution is 2.27. The summed E-state index contributed by atoms with van der Waals surface area (Å²) < 4.78 is 1.07. The van der Waals surface area contributed by atoms with E-state index >= 15 is 0 Å². The molecule has 3 heterocycles. The van der Waals surface area contributed by atoms with Crippen molar-refractivity contribution in [3.05, 3.63) is 41.4 Å². The number of carboxylic acids is 2. The molecule has 9 heteroatoms. The Morgan fingerprint density at radius 1 is 1.18 bits per heavy atom. The highest BCUT2D eigenvalue weighted by molar-refractivity contribution is 7.16. The maximum absolute atomic E-state index is 12.4. The molecule has 2 aliphatic heterocycles. The molecular formula is C19H21N3O5S. The Bertz CT molecular complexity index is 882. The molecular weight excluding hydrogens is 382 g/mol. The number of nitrogens with one attached hydrogen (secondary N) is 1. The summed E-state index contributed by atoms with van der Waals surface area (Å²) in [7, 11) is 0. The van der Waals surface area contributed by atoms with Gasteiger partial charge in [-0.1, -0.05) is 0 Å². The molecule has 3 N–H and O–H groups in total. The van der Waals surface area contributed by atoms with Crippen LogP contribution in [0, 0.1) is 5.92 Å². The third-order valence-electron chi connectivity index (χ3n) is 4.76. The number of carboxylic acid groups (broad SMARTS) is 2. The predicted octanol–water partition coefficient (Wildman–Crippen LogP) is 1.83. The van der Waals surface area contributed by atoms with Crippen molar-refractivity contribution in [3.63, 3.8) is 0 Å². The van der Waals surface area contributed by atoms with Gasteiger partial charge in [0, 0.05) is 36.8 Å². The number of benzene rings is 1. The second-order valence-corrected chi connectivity index (χ2v) is 7.75. The van der Waals surface area contributed by atoms with Crippen LogP contribution in [0.25, 0.3) is 10.2 Å². The lowest BCUT2D eigenvalue weighted by Crippen LogP contribution is -2.47. The van der Waals surface area contributed by atoms with Crippen LogP contribution in [0.15, 0.2) is 35.9 Å². The van der Waals surface area contributed by atoms with E-state index in [1.807, 2.05) is 23.7 Å². The molecule has 0 aliphatic carbocycles. The Morgan fingerprint density at radius 2 is 1.93 bits per heavy atom. The Morgan fingerprint density at radius 3 is 2.61 bits per heavy atom. The van der Waals surface area contributed by atoms with Crippen LogP contribution in [-0.2, 0) is 9.59 Å². The number of thiazole rings is 1. The number of carbonyl (C=O) groups excluding carboxylic acids is 1. The number of carbonyl (C=O) groups is 3. The van der Waals surface area contributed by atoms with Crippen molar-refractivity contribution in [1.82, 2.24) is 15.2 Å². The van der Waals surface area contributed by atoms with Gasteiger partial charge in [-0.15, -0.1) is 11.3 Å². The number of amides is 1. The highest BCUT2D eigenvalue weighted by Gasteiger charge is 2.32. The summed E-state index contributed by atoms with van der Waals surface area (Å²) in [6.45, 7) is 3.42. The van der Waals surface area contributed by atoms with Crippen molar-refractivity contribution in [2.75, 3.05) is 19.6 Å². The van der Waals surface area contributed by atoms with Crippen molar-refractivity contribution in [3.8, 4) is 0 Å². The largest absolute Gasteiger partial charge is 0.478 e. The van der Waals surface area contributed by atoms with E-state index in [-0.39, 0.29) is 5.91 Å². The number of nitrogens with zero attached hydrogens (tertiary/aromatic N) is 2. The number of fused-ring (bicyclic) bond motifs is 3. The van der Waals surface area contributed by atoms with Crippen LogP contribution in [0.2, 0.25) is 0 Å². The van der Waals surface area contributed by atoms with E-state index < -0.39 is 11.9 Å². The molecule has 2 saturated heterocycles. The van der Waals surface area contributed by atoms with Crippen LogP contribution < -0.4 is 5.32 Å². The topological polar surface area (TPSA) is 120 Å². The number of piperidine rings is 1. The molecule has 148 valence electrons. The normalized spacial score (nSPS) is 23.2. The molecule has 0 spiro atoms. The van der Waals surface area contributed by atoms with Crippen molar-refractivity contribution in [2.24, 2.45) is 5.92 Å². The molecule has 1 aromatic heterocycles. The third-order valence-corrected chi connectivity index (χ3v) is 5.56. The van der Waals surface area contributed by atoms with E-state index in [0.717, 1.165) is 34.7 Å². The van der Waals surface area contributed by atoms with Gasteiger partial charge in [0.25, 0.3) is 5.91 Å². The lowest BCUT2D eigenvalue weighted by Gasteiger charge is -2.30. The van der Waals surface area contributed by atoms with Gasteiger partial charge in [-0.05, 0) is 43.5 Å². The first-order chi connectivity index (χ1) is 13.4. The molecule has 0 radical (unpaired) electrons. The minimum Gasteiger partial charge on any atom is -0.478 e. The molecule has 1 amide bonds. The summed E-state index contributed by atoms with van der Waals surface area (Å²) in [5.41, 5.74) is 3.53. The highest BCUT2D eigenvalue weighted by atomic mass is 32.1. The Balaban J connectivity index is 0.000000242. The number of rotatable bonds is 4. The van der Waals surface area contributed by atoms with Crippen LogP contribution in [0.4, 0.5) is 0 Å². The maximum atomic E-state index is 12.4. The molecule has 1 unspecified atom stereocenters. The van der Waals surface area contributed by atoms with Crippen molar-refractivity contribution < 1.29 is 24.6 Å². The quantitative estimate of drug-likeness (QED) is 0.666. The van der Waals surface area contributed by atoms with E-state index in [4.69, 9.17) is 10.2 Å². The van der Waals surface area contributed by atoms with Gasteiger partial charge >= 0.3 is 11.9 Å². The zero-order valence-corrected chi connectivity index (χ0v) is 15.9. The van der Waals surface area contributed by atoms with Gasteiger partial charge in [-0.3, -0.25) is 4.79 Å². The SMILES string of the molecule is O=C(N[C@@H]1C[C@H]2CCN(C2)C1)c1ccc2ncsc2c1.O=C(O)C=CC(=O)O. The number of hydrogen-bond donors (Lipinski definition) is 3. The Hall–Kier alpha value is -2.78. The zero-order valence-electron chi connectivity index (χ0n) is 15.1. The fourth-order valence-electron chi connectivity index (χ4n) is 3.57. The minimum atomic E-state index is -1.26. The maximum Gasteiger partial charge on any atom is 0.328 e. The number of hydrogen-bond acceptors (Lipinski definition) is 6. The Kier molecular flexibility index (Phi) is 6.37. The summed E-state index contributed by atoms with van der Waals surface area (Å²) in [6.07, 6.45) is 3.54. The summed E-state index contributed by atoms with van der Waals surface area (Å²) in [6, 6.07) is 6.05. The third kappa shape index (κ3) is 5.37. The first-order valence-electron chi connectivity index (χ1n) is 8.91. The molecule has 2 bridgehead atoms. The smallest absolute Gasteiger partial charge is 0.328 e. The molecule has 28 heavy (non-hydrogen) atoms. The van der Waals surface area contributed by atoms with E-state index in [9.17, 15) is 14.4 Å². The summed E-state index contributed by atoms with van der Waals surface area (Å²) in [5.74, 6) is -1.69. The lowest BCUT2D eigenvalue weighted by molar-refractivity contribution is -0.134. The second kappa shape index (κ2) is 8.94. The van der Waals surface area contributed by atoms with Crippen molar-refractivity contribution in [1.29, 1.82) is 0 Å². The van der Waals surface area contributed by atoms with Gasteiger partial charge in [0.05, 0.1) is 15.7 Å².